The number of aromatic nitrogens is 1. The Bertz CT molecular complexity index is 499. The molecule has 1 aliphatic carbocycles. The Hall–Kier alpha value is -1.66. The van der Waals surface area contributed by atoms with Crippen molar-refractivity contribution in [3.8, 4) is 5.75 Å². The maximum absolute atomic E-state index is 12.3. The Morgan fingerprint density at radius 1 is 1.39 bits per heavy atom. The Labute approximate surface area is 136 Å². The van der Waals surface area contributed by atoms with Gasteiger partial charge in [-0.1, -0.05) is 0 Å². The molecule has 126 valence electrons. The topological polar surface area (TPSA) is 83.5 Å². The van der Waals surface area contributed by atoms with Crippen molar-refractivity contribution < 1.29 is 14.6 Å². The second kappa shape index (κ2) is 7.75. The summed E-state index contributed by atoms with van der Waals surface area (Å²) in [6.07, 6.45) is 6.79. The van der Waals surface area contributed by atoms with Gasteiger partial charge in [-0.3, -0.25) is 9.78 Å². The van der Waals surface area contributed by atoms with Crippen molar-refractivity contribution in [1.29, 1.82) is 0 Å². The quantitative estimate of drug-likeness (QED) is 0.719. The molecule has 6 nitrogen and oxygen atoms in total. The van der Waals surface area contributed by atoms with Gasteiger partial charge in [-0.25, -0.2) is 0 Å². The summed E-state index contributed by atoms with van der Waals surface area (Å²) in [5, 5.41) is 16.1. The van der Waals surface area contributed by atoms with Gasteiger partial charge >= 0.3 is 0 Å². The van der Waals surface area contributed by atoms with E-state index in [0.29, 0.717) is 17.6 Å². The van der Waals surface area contributed by atoms with Crippen molar-refractivity contribution >= 4 is 5.91 Å². The van der Waals surface area contributed by atoms with Crippen LogP contribution in [0.25, 0.3) is 0 Å². The van der Waals surface area contributed by atoms with E-state index >= 15 is 0 Å². The molecule has 23 heavy (non-hydrogen) atoms. The van der Waals surface area contributed by atoms with E-state index in [9.17, 15) is 9.90 Å². The third kappa shape index (κ3) is 4.42. The first kappa shape index (κ1) is 16.2. The normalized spacial score (nSPS) is 26.1. The van der Waals surface area contributed by atoms with Gasteiger partial charge in [0.2, 0.25) is 0 Å². The van der Waals surface area contributed by atoms with Crippen LogP contribution in [0.5, 0.6) is 5.75 Å². The van der Waals surface area contributed by atoms with Crippen molar-refractivity contribution in [3.63, 3.8) is 0 Å². The van der Waals surface area contributed by atoms with Crippen LogP contribution in [0.15, 0.2) is 24.5 Å². The van der Waals surface area contributed by atoms with Crippen molar-refractivity contribution in [2.75, 3.05) is 19.7 Å². The smallest absolute Gasteiger partial charge is 0.258 e. The molecule has 3 rings (SSSR count). The van der Waals surface area contributed by atoms with Crippen LogP contribution in [0.1, 0.15) is 25.7 Å². The Kier molecular flexibility index (Phi) is 5.46. The lowest BCUT2D eigenvalue weighted by atomic mass is 9.71. The van der Waals surface area contributed by atoms with E-state index in [-0.39, 0.29) is 24.7 Å². The van der Waals surface area contributed by atoms with Gasteiger partial charge in [0.1, 0.15) is 5.75 Å². The fourth-order valence-electron chi connectivity index (χ4n) is 3.56. The number of nitrogens with zero attached hydrogens (tertiary/aromatic N) is 1. The van der Waals surface area contributed by atoms with Gasteiger partial charge in [0, 0.05) is 12.2 Å². The van der Waals surface area contributed by atoms with Gasteiger partial charge in [0.25, 0.3) is 5.91 Å². The number of hydrogen-bond acceptors (Lipinski definition) is 5. The highest BCUT2D eigenvalue weighted by Gasteiger charge is 2.39. The second-order valence-electron chi connectivity index (χ2n) is 6.54. The summed E-state index contributed by atoms with van der Waals surface area (Å²) in [5.41, 5.74) is 0. The van der Waals surface area contributed by atoms with Crippen molar-refractivity contribution in [2.45, 2.75) is 37.8 Å². The molecular weight excluding hydrogens is 294 g/mol. The molecule has 2 heterocycles. The lowest BCUT2D eigenvalue weighted by Crippen LogP contribution is -2.53. The third-order valence-corrected chi connectivity index (χ3v) is 4.88. The highest BCUT2D eigenvalue weighted by Crippen LogP contribution is 2.35. The number of piperidine rings is 1. The average Bonchev–Trinajstić information content (AvgIpc) is 2.57. The number of rotatable bonds is 6. The van der Waals surface area contributed by atoms with Gasteiger partial charge in [-0.2, -0.15) is 0 Å². The molecule has 1 aliphatic heterocycles. The van der Waals surface area contributed by atoms with Crippen molar-refractivity contribution in [3.05, 3.63) is 24.5 Å². The lowest BCUT2D eigenvalue weighted by molar-refractivity contribution is -0.125. The minimum absolute atomic E-state index is 0.00242. The molecule has 1 aromatic rings. The number of aliphatic hydroxyl groups excluding tert-OH is 1. The summed E-state index contributed by atoms with van der Waals surface area (Å²) in [6, 6.07) is 3.71. The molecule has 2 fully saturated rings. The molecule has 1 saturated heterocycles. The number of amides is 1. The molecule has 0 unspecified atom stereocenters. The predicted octanol–water partition coefficient (Wildman–Crippen LogP) is 0.716. The maximum atomic E-state index is 12.3. The van der Waals surface area contributed by atoms with Gasteiger partial charge < -0.3 is 20.5 Å². The molecule has 0 bridgehead atoms. The minimum atomic E-state index is -0.201. The molecule has 0 aromatic carbocycles. The average molecular weight is 319 g/mol. The van der Waals surface area contributed by atoms with E-state index in [2.05, 4.69) is 15.6 Å². The van der Waals surface area contributed by atoms with Crippen LogP contribution in [0, 0.1) is 11.8 Å². The number of pyridine rings is 1. The molecule has 1 amide bonds. The molecule has 1 atom stereocenters. The summed E-state index contributed by atoms with van der Waals surface area (Å²) in [5.74, 6) is 1.37. The zero-order valence-electron chi connectivity index (χ0n) is 13.3. The molecule has 1 aromatic heterocycles. The number of hydrogen-bond donors (Lipinski definition) is 3. The van der Waals surface area contributed by atoms with E-state index < -0.39 is 0 Å². The largest absolute Gasteiger partial charge is 0.482 e. The van der Waals surface area contributed by atoms with Crippen LogP contribution < -0.4 is 15.4 Å². The fourth-order valence-corrected chi connectivity index (χ4v) is 3.56. The molecule has 3 N–H and O–H groups in total. The van der Waals surface area contributed by atoms with Crippen LogP contribution >= 0.6 is 0 Å². The summed E-state index contributed by atoms with van der Waals surface area (Å²) in [6.45, 7) is 2.00. The Morgan fingerprint density at radius 3 is 2.83 bits per heavy atom. The summed E-state index contributed by atoms with van der Waals surface area (Å²) in [4.78, 5) is 16.2. The first-order valence-corrected chi connectivity index (χ1v) is 8.43. The van der Waals surface area contributed by atoms with Gasteiger partial charge in [-0.15, -0.1) is 0 Å². The zero-order chi connectivity index (χ0) is 16.1. The minimum Gasteiger partial charge on any atom is -0.482 e. The standard InChI is InChI=1S/C17H25N3O3/c21-14-8-13(9-14)17(12-3-6-18-7-4-12)20-16(22)11-23-15-2-1-5-19-10-15/h1-2,5,10,12-14,17-18,21H,3-4,6-9,11H2,(H,20,22)/t13?,14?,17-/m0/s1. The van der Waals surface area contributed by atoms with Gasteiger partial charge in [0.15, 0.2) is 6.61 Å². The van der Waals surface area contributed by atoms with Crippen LogP contribution in [0.2, 0.25) is 0 Å². The lowest BCUT2D eigenvalue weighted by Gasteiger charge is -2.43. The zero-order valence-corrected chi connectivity index (χ0v) is 13.3. The number of ether oxygens (including phenoxy) is 1. The maximum Gasteiger partial charge on any atom is 0.258 e. The number of aliphatic hydroxyl groups is 1. The third-order valence-electron chi connectivity index (χ3n) is 4.88. The van der Waals surface area contributed by atoms with E-state index in [0.717, 1.165) is 38.8 Å². The van der Waals surface area contributed by atoms with E-state index in [1.165, 1.54) is 0 Å². The van der Waals surface area contributed by atoms with Crippen LogP contribution in [-0.2, 0) is 4.79 Å². The Morgan fingerprint density at radius 2 is 2.17 bits per heavy atom. The SMILES string of the molecule is O=C(COc1cccnc1)N[C@@H](C1CCNCC1)C1CC(O)C1. The Balaban J connectivity index is 1.53. The van der Waals surface area contributed by atoms with Crippen LogP contribution in [-0.4, -0.2) is 47.8 Å². The van der Waals surface area contributed by atoms with Crippen LogP contribution in [0.4, 0.5) is 0 Å². The number of carbonyl (C=O) groups excluding carboxylic acids is 1. The van der Waals surface area contributed by atoms with Crippen LogP contribution in [0.3, 0.4) is 0 Å². The molecule has 1 saturated carbocycles. The molecule has 0 spiro atoms. The highest BCUT2D eigenvalue weighted by atomic mass is 16.5. The fraction of sp³-hybridized carbons (Fsp3) is 0.647. The number of carbonyl (C=O) groups is 1. The van der Waals surface area contributed by atoms with Crippen molar-refractivity contribution in [2.24, 2.45) is 11.8 Å². The van der Waals surface area contributed by atoms with E-state index in [1.807, 2.05) is 0 Å². The summed E-state index contributed by atoms with van der Waals surface area (Å²) in [7, 11) is 0. The van der Waals surface area contributed by atoms with Gasteiger partial charge in [-0.05, 0) is 62.7 Å². The predicted molar refractivity (Wildman–Crippen MR) is 86.0 cm³/mol. The van der Waals surface area contributed by atoms with Crippen molar-refractivity contribution in [1.82, 2.24) is 15.6 Å². The molecule has 0 radical (unpaired) electrons. The summed E-state index contributed by atoms with van der Waals surface area (Å²) < 4.78 is 5.47. The van der Waals surface area contributed by atoms with Gasteiger partial charge in [0.05, 0.1) is 12.3 Å². The number of nitrogens with one attached hydrogen (secondary N) is 2. The van der Waals surface area contributed by atoms with E-state index in [1.54, 1.807) is 24.5 Å². The highest BCUT2D eigenvalue weighted by molar-refractivity contribution is 5.77. The first-order valence-electron chi connectivity index (χ1n) is 8.43. The molecule has 2 aliphatic rings. The molecular formula is C17H25N3O3. The van der Waals surface area contributed by atoms with E-state index in [4.69, 9.17) is 4.74 Å². The monoisotopic (exact) mass is 319 g/mol. The molecule has 6 heteroatoms. The second-order valence-corrected chi connectivity index (χ2v) is 6.54. The first-order chi connectivity index (χ1) is 11.2. The summed E-state index contributed by atoms with van der Waals surface area (Å²) >= 11 is 0.